The first-order valence-corrected chi connectivity index (χ1v) is 7.30. The Bertz CT molecular complexity index is 612. The Morgan fingerprint density at radius 1 is 1.35 bits per heavy atom. The molecular formula is C14H16N2O3S. The van der Waals surface area contributed by atoms with Crippen molar-refractivity contribution in [2.45, 2.75) is 19.9 Å². The van der Waals surface area contributed by atoms with E-state index >= 15 is 0 Å². The van der Waals surface area contributed by atoms with Crippen LogP contribution in [0.15, 0.2) is 17.6 Å². The number of aryl methyl sites for hydroxylation is 1. The average molecular weight is 292 g/mol. The molecule has 0 unspecified atom stereocenters. The van der Waals surface area contributed by atoms with Crippen LogP contribution >= 0.6 is 11.3 Å². The van der Waals surface area contributed by atoms with Gasteiger partial charge in [0.1, 0.15) is 5.75 Å². The van der Waals surface area contributed by atoms with Gasteiger partial charge in [0.05, 0.1) is 17.8 Å². The minimum Gasteiger partial charge on any atom is -0.493 e. The molecule has 2 N–H and O–H groups in total. The van der Waals surface area contributed by atoms with E-state index in [9.17, 15) is 0 Å². The van der Waals surface area contributed by atoms with Gasteiger partial charge in [0.2, 0.25) is 6.79 Å². The van der Waals surface area contributed by atoms with E-state index in [1.54, 1.807) is 11.3 Å². The lowest BCUT2D eigenvalue weighted by molar-refractivity contribution is 0.173. The fourth-order valence-corrected chi connectivity index (χ4v) is 2.84. The van der Waals surface area contributed by atoms with Gasteiger partial charge in [-0.1, -0.05) is 0 Å². The fourth-order valence-electron chi connectivity index (χ4n) is 2.08. The SMILES string of the molecule is Cc1ncsc1CCOc1cc2c(cc1CN)OCO2. The molecule has 2 heterocycles. The Morgan fingerprint density at radius 3 is 2.85 bits per heavy atom. The molecule has 2 aromatic rings. The smallest absolute Gasteiger partial charge is 0.231 e. The molecule has 1 aromatic heterocycles. The second-order valence-corrected chi connectivity index (χ2v) is 5.42. The predicted molar refractivity (Wildman–Crippen MR) is 76.5 cm³/mol. The van der Waals surface area contributed by atoms with Crippen LogP contribution in [0.2, 0.25) is 0 Å². The Morgan fingerprint density at radius 2 is 2.15 bits per heavy atom. The van der Waals surface area contributed by atoms with E-state index in [4.69, 9.17) is 19.9 Å². The van der Waals surface area contributed by atoms with E-state index in [1.807, 2.05) is 24.6 Å². The standard InChI is InChI=1S/C14H16N2O3S/c1-9-14(20-7-16-9)2-3-17-11-5-13-12(18-8-19-13)4-10(11)6-15/h4-5,7H,2-3,6,8,15H2,1H3. The topological polar surface area (TPSA) is 66.6 Å². The Kier molecular flexibility index (Phi) is 3.75. The maximum Gasteiger partial charge on any atom is 0.231 e. The number of benzene rings is 1. The van der Waals surface area contributed by atoms with Gasteiger partial charge < -0.3 is 19.9 Å². The minimum atomic E-state index is 0.253. The second-order valence-electron chi connectivity index (χ2n) is 4.48. The molecule has 3 rings (SSSR count). The highest BCUT2D eigenvalue weighted by Gasteiger charge is 2.17. The lowest BCUT2D eigenvalue weighted by Crippen LogP contribution is -2.06. The first kappa shape index (κ1) is 13.2. The zero-order valence-electron chi connectivity index (χ0n) is 11.2. The third kappa shape index (κ3) is 2.57. The predicted octanol–water partition coefficient (Wildman–Crippen LogP) is 2.26. The Hall–Kier alpha value is -1.79. The summed E-state index contributed by atoms with van der Waals surface area (Å²) in [6, 6.07) is 3.74. The van der Waals surface area contributed by atoms with E-state index in [2.05, 4.69) is 4.98 Å². The lowest BCUT2D eigenvalue weighted by atomic mass is 10.1. The van der Waals surface area contributed by atoms with Crippen molar-refractivity contribution in [1.82, 2.24) is 4.98 Å². The summed E-state index contributed by atoms with van der Waals surface area (Å²) >= 11 is 1.65. The summed E-state index contributed by atoms with van der Waals surface area (Å²) in [6.07, 6.45) is 0.842. The van der Waals surface area contributed by atoms with Gasteiger partial charge in [-0.25, -0.2) is 4.98 Å². The number of rotatable bonds is 5. The average Bonchev–Trinajstić information content (AvgIpc) is 3.06. The second kappa shape index (κ2) is 5.68. The van der Waals surface area contributed by atoms with Crippen molar-refractivity contribution in [1.29, 1.82) is 0 Å². The summed E-state index contributed by atoms with van der Waals surface area (Å²) in [5, 5.41) is 0. The molecule has 1 aliphatic rings. The van der Waals surface area contributed by atoms with Crippen LogP contribution in [0.4, 0.5) is 0 Å². The first-order chi connectivity index (χ1) is 9.78. The molecule has 0 amide bonds. The number of hydrogen-bond donors (Lipinski definition) is 1. The maximum atomic E-state index is 5.84. The molecule has 5 nitrogen and oxygen atoms in total. The molecular weight excluding hydrogens is 276 g/mol. The number of aromatic nitrogens is 1. The van der Waals surface area contributed by atoms with Crippen LogP contribution in [-0.2, 0) is 13.0 Å². The third-order valence-corrected chi connectivity index (χ3v) is 4.20. The molecule has 0 fully saturated rings. The summed E-state index contributed by atoms with van der Waals surface area (Å²) in [7, 11) is 0. The maximum absolute atomic E-state index is 5.84. The molecule has 0 radical (unpaired) electrons. The summed E-state index contributed by atoms with van der Waals surface area (Å²) in [5.74, 6) is 2.21. The number of thiazole rings is 1. The zero-order valence-corrected chi connectivity index (χ0v) is 12.0. The largest absolute Gasteiger partial charge is 0.493 e. The Balaban J connectivity index is 1.69. The van der Waals surface area contributed by atoms with Gasteiger partial charge in [0.25, 0.3) is 0 Å². The van der Waals surface area contributed by atoms with E-state index < -0.39 is 0 Å². The third-order valence-electron chi connectivity index (χ3n) is 3.21. The molecule has 0 saturated carbocycles. The number of nitrogens with two attached hydrogens (primary N) is 1. The van der Waals surface area contributed by atoms with E-state index in [0.29, 0.717) is 18.9 Å². The van der Waals surface area contributed by atoms with Gasteiger partial charge in [0, 0.05) is 29.5 Å². The van der Waals surface area contributed by atoms with E-state index in [-0.39, 0.29) is 6.79 Å². The molecule has 0 saturated heterocycles. The summed E-state index contributed by atoms with van der Waals surface area (Å²) in [6.45, 7) is 3.27. The van der Waals surface area contributed by atoms with Gasteiger partial charge in [-0.15, -0.1) is 11.3 Å². The van der Waals surface area contributed by atoms with Crippen LogP contribution in [-0.4, -0.2) is 18.4 Å². The van der Waals surface area contributed by atoms with Crippen molar-refractivity contribution in [3.05, 3.63) is 33.8 Å². The van der Waals surface area contributed by atoms with Gasteiger partial charge in [-0.3, -0.25) is 0 Å². The van der Waals surface area contributed by atoms with Crippen molar-refractivity contribution in [2.24, 2.45) is 5.73 Å². The molecule has 0 aliphatic carbocycles. The quantitative estimate of drug-likeness (QED) is 0.915. The normalized spacial score (nSPS) is 12.7. The van der Waals surface area contributed by atoms with Crippen LogP contribution < -0.4 is 19.9 Å². The summed E-state index contributed by atoms with van der Waals surface area (Å²) in [4.78, 5) is 5.48. The monoisotopic (exact) mass is 292 g/mol. The van der Waals surface area contributed by atoms with Crippen LogP contribution in [0.3, 0.4) is 0 Å². The molecule has 6 heteroatoms. The molecule has 1 aromatic carbocycles. The number of fused-ring (bicyclic) bond motifs is 1. The number of hydrogen-bond acceptors (Lipinski definition) is 6. The molecule has 106 valence electrons. The van der Waals surface area contributed by atoms with Crippen LogP contribution in [0.5, 0.6) is 17.2 Å². The van der Waals surface area contributed by atoms with Crippen LogP contribution in [0, 0.1) is 6.92 Å². The fraction of sp³-hybridized carbons (Fsp3) is 0.357. The van der Waals surface area contributed by atoms with Crippen molar-refractivity contribution >= 4 is 11.3 Å². The molecule has 0 bridgehead atoms. The van der Waals surface area contributed by atoms with Crippen LogP contribution in [0.1, 0.15) is 16.1 Å². The molecule has 0 spiro atoms. The van der Waals surface area contributed by atoms with Gasteiger partial charge in [-0.2, -0.15) is 0 Å². The number of ether oxygens (including phenoxy) is 3. The summed E-state index contributed by atoms with van der Waals surface area (Å²) in [5.41, 5.74) is 9.61. The summed E-state index contributed by atoms with van der Waals surface area (Å²) < 4.78 is 16.5. The molecule has 1 aliphatic heterocycles. The van der Waals surface area contributed by atoms with Crippen molar-refractivity contribution in [3.63, 3.8) is 0 Å². The zero-order chi connectivity index (χ0) is 13.9. The van der Waals surface area contributed by atoms with Crippen molar-refractivity contribution in [3.8, 4) is 17.2 Å². The first-order valence-electron chi connectivity index (χ1n) is 6.42. The Labute approximate surface area is 121 Å². The minimum absolute atomic E-state index is 0.253. The number of nitrogens with zero attached hydrogens (tertiary/aromatic N) is 1. The molecule has 0 atom stereocenters. The van der Waals surface area contributed by atoms with E-state index in [0.717, 1.165) is 29.2 Å². The highest BCUT2D eigenvalue weighted by molar-refractivity contribution is 7.09. The van der Waals surface area contributed by atoms with Crippen LogP contribution in [0.25, 0.3) is 0 Å². The van der Waals surface area contributed by atoms with E-state index in [1.165, 1.54) is 4.88 Å². The van der Waals surface area contributed by atoms with Crippen molar-refractivity contribution < 1.29 is 14.2 Å². The van der Waals surface area contributed by atoms with Gasteiger partial charge in [-0.05, 0) is 13.0 Å². The highest BCUT2D eigenvalue weighted by atomic mass is 32.1. The lowest BCUT2D eigenvalue weighted by Gasteiger charge is -2.11. The van der Waals surface area contributed by atoms with Gasteiger partial charge in [0.15, 0.2) is 11.5 Å². The molecule has 20 heavy (non-hydrogen) atoms. The van der Waals surface area contributed by atoms with Crippen molar-refractivity contribution in [2.75, 3.05) is 13.4 Å². The van der Waals surface area contributed by atoms with Gasteiger partial charge >= 0.3 is 0 Å². The highest BCUT2D eigenvalue weighted by Crippen LogP contribution is 2.38.